The van der Waals surface area contributed by atoms with E-state index in [1.165, 1.54) is 5.57 Å². The first-order valence-electron chi connectivity index (χ1n) is 10.9. The lowest BCUT2D eigenvalue weighted by Crippen LogP contribution is -2.47. The Bertz CT molecular complexity index is 926. The predicted molar refractivity (Wildman–Crippen MR) is 124 cm³/mol. The number of nitriles is 1. The smallest absolute Gasteiger partial charge is 0.186 e. The molecule has 31 heavy (non-hydrogen) atoms. The summed E-state index contributed by atoms with van der Waals surface area (Å²) in [5, 5.41) is 13.5. The molecule has 3 heterocycles. The number of nitrogens with one attached hydrogen (secondary N) is 1. The molecule has 0 amide bonds. The summed E-state index contributed by atoms with van der Waals surface area (Å²) in [5.41, 5.74) is 2.96. The maximum absolute atomic E-state index is 9.35. The predicted octanol–water partition coefficient (Wildman–Crippen LogP) is 3.64. The van der Waals surface area contributed by atoms with E-state index < -0.39 is 0 Å². The van der Waals surface area contributed by atoms with Crippen LogP contribution in [0.15, 0.2) is 47.2 Å². The maximum atomic E-state index is 9.35. The fraction of sp³-hybridized carbons (Fsp3) is 0.458. The molecule has 7 heteroatoms. The van der Waals surface area contributed by atoms with Crippen LogP contribution in [0, 0.1) is 17.2 Å². The van der Waals surface area contributed by atoms with Gasteiger partial charge in [0.15, 0.2) is 11.5 Å². The molecule has 3 aliphatic rings. The van der Waals surface area contributed by atoms with Crippen molar-refractivity contribution in [1.29, 1.82) is 5.26 Å². The fourth-order valence-corrected chi connectivity index (χ4v) is 4.31. The van der Waals surface area contributed by atoms with Gasteiger partial charge in [0.1, 0.15) is 19.3 Å². The Kier molecular flexibility index (Phi) is 7.06. The monoisotopic (exact) mass is 440 g/mol. The topological polar surface area (TPSA) is 60.8 Å². The molecule has 1 N–H and O–H groups in total. The normalized spacial score (nSPS) is 26.1. The van der Waals surface area contributed by atoms with Gasteiger partial charge >= 0.3 is 0 Å². The molecular weight excluding hydrogens is 412 g/mol. The van der Waals surface area contributed by atoms with Gasteiger partial charge in [-0.25, -0.2) is 0 Å². The Balaban J connectivity index is 1.35. The largest absolute Gasteiger partial charge is 0.485 e. The summed E-state index contributed by atoms with van der Waals surface area (Å²) in [6.07, 6.45) is 9.33. The highest BCUT2D eigenvalue weighted by Gasteiger charge is 2.26. The van der Waals surface area contributed by atoms with Crippen LogP contribution in [0.4, 0.5) is 5.69 Å². The summed E-state index contributed by atoms with van der Waals surface area (Å²) >= 11 is 6.17. The van der Waals surface area contributed by atoms with Gasteiger partial charge in [-0.05, 0) is 48.4 Å². The van der Waals surface area contributed by atoms with Crippen molar-refractivity contribution in [3.63, 3.8) is 0 Å². The van der Waals surface area contributed by atoms with Crippen molar-refractivity contribution in [2.24, 2.45) is 5.92 Å². The zero-order valence-electron chi connectivity index (χ0n) is 17.9. The van der Waals surface area contributed by atoms with Gasteiger partial charge in [0.25, 0.3) is 0 Å². The number of nitrogens with zero attached hydrogens (tertiary/aromatic N) is 3. The zero-order valence-corrected chi connectivity index (χ0v) is 18.7. The van der Waals surface area contributed by atoms with E-state index in [1.54, 1.807) is 0 Å². The summed E-state index contributed by atoms with van der Waals surface area (Å²) in [4.78, 5) is 4.85. The lowest BCUT2D eigenvalue weighted by Gasteiger charge is -2.37. The van der Waals surface area contributed by atoms with Gasteiger partial charge in [0, 0.05) is 44.3 Å². The number of piperazine rings is 1. The molecular formula is C24H29ClN4O2. The van der Waals surface area contributed by atoms with Crippen LogP contribution < -0.4 is 19.7 Å². The fourth-order valence-electron chi connectivity index (χ4n) is 4.16. The average Bonchev–Trinajstić information content (AvgIpc) is 2.88. The lowest BCUT2D eigenvalue weighted by atomic mass is 9.98. The molecule has 1 atom stereocenters. The Hall–Kier alpha value is -2.62. The molecule has 164 valence electrons. The first-order chi connectivity index (χ1) is 15.2. The minimum absolute atomic E-state index is 0.358. The quantitative estimate of drug-likeness (QED) is 0.771. The van der Waals surface area contributed by atoms with Gasteiger partial charge in [-0.15, -0.1) is 0 Å². The highest BCUT2D eigenvalue weighted by Crippen LogP contribution is 2.42. The Morgan fingerprint density at radius 3 is 2.71 bits per heavy atom. The van der Waals surface area contributed by atoms with Crippen LogP contribution in [0.5, 0.6) is 11.5 Å². The van der Waals surface area contributed by atoms with Crippen LogP contribution in [-0.2, 0) is 0 Å². The highest BCUT2D eigenvalue weighted by molar-refractivity contribution is 6.31. The Morgan fingerprint density at radius 2 is 1.94 bits per heavy atom. The van der Waals surface area contributed by atoms with E-state index >= 15 is 0 Å². The maximum Gasteiger partial charge on any atom is 0.186 e. The molecule has 0 spiro atoms. The molecule has 0 saturated carbocycles. The van der Waals surface area contributed by atoms with Crippen LogP contribution in [0.2, 0.25) is 0 Å². The molecule has 6 nitrogen and oxygen atoms in total. The summed E-state index contributed by atoms with van der Waals surface area (Å²) < 4.78 is 11.6. The van der Waals surface area contributed by atoms with Crippen molar-refractivity contribution < 1.29 is 9.47 Å². The molecule has 1 aromatic carbocycles. The van der Waals surface area contributed by atoms with Crippen molar-refractivity contribution in [1.82, 2.24) is 10.2 Å². The van der Waals surface area contributed by atoms with Crippen LogP contribution >= 0.6 is 11.6 Å². The number of rotatable bonds is 4. The van der Waals surface area contributed by atoms with Crippen molar-refractivity contribution in [2.45, 2.75) is 13.3 Å². The van der Waals surface area contributed by atoms with Gasteiger partial charge in [-0.3, -0.25) is 4.90 Å². The number of hydrogen-bond acceptors (Lipinski definition) is 6. The number of benzene rings is 1. The van der Waals surface area contributed by atoms with E-state index in [9.17, 15) is 5.26 Å². The number of halogens is 1. The Labute approximate surface area is 189 Å². The lowest BCUT2D eigenvalue weighted by molar-refractivity contribution is 0.171. The molecule has 0 aliphatic carbocycles. The Morgan fingerprint density at radius 1 is 1.16 bits per heavy atom. The molecule has 1 aromatic rings. The molecule has 1 unspecified atom stereocenters. The highest BCUT2D eigenvalue weighted by atomic mass is 35.5. The summed E-state index contributed by atoms with van der Waals surface area (Å²) in [6, 6.07) is 6.03. The van der Waals surface area contributed by atoms with Crippen molar-refractivity contribution >= 4 is 17.3 Å². The second-order valence-corrected chi connectivity index (χ2v) is 8.48. The number of ether oxygens (including phenoxy) is 2. The van der Waals surface area contributed by atoms with Crippen LogP contribution in [-0.4, -0.2) is 57.4 Å². The SMILES string of the molecule is CC1/C=C\C(Cl)=C/CN/C=C\1CCN1CCN(c2ccc(C#N)c3c2OCCO3)CC1. The molecule has 3 aliphatic heterocycles. The van der Waals surface area contributed by atoms with E-state index in [1.807, 2.05) is 24.3 Å². The van der Waals surface area contributed by atoms with Crippen LogP contribution in [0.25, 0.3) is 0 Å². The van der Waals surface area contributed by atoms with E-state index in [0.29, 0.717) is 36.2 Å². The second kappa shape index (κ2) is 10.1. The minimum Gasteiger partial charge on any atom is -0.485 e. The molecule has 0 bridgehead atoms. The first kappa shape index (κ1) is 21.6. The third kappa shape index (κ3) is 5.17. The number of fused-ring (bicyclic) bond motifs is 1. The number of hydrogen-bond donors (Lipinski definition) is 1. The van der Waals surface area contributed by atoms with E-state index in [0.717, 1.165) is 56.4 Å². The molecule has 4 rings (SSSR count). The molecule has 0 aromatic heterocycles. The minimum atomic E-state index is 0.358. The summed E-state index contributed by atoms with van der Waals surface area (Å²) in [5.74, 6) is 1.66. The van der Waals surface area contributed by atoms with E-state index in [2.05, 4.69) is 40.4 Å². The zero-order chi connectivity index (χ0) is 21.6. The molecule has 1 saturated heterocycles. The summed E-state index contributed by atoms with van der Waals surface area (Å²) in [6.45, 7) is 8.84. The van der Waals surface area contributed by atoms with Gasteiger partial charge in [0.05, 0.1) is 11.3 Å². The second-order valence-electron chi connectivity index (χ2n) is 8.04. The van der Waals surface area contributed by atoms with Crippen molar-refractivity contribution in [2.75, 3.05) is 57.4 Å². The van der Waals surface area contributed by atoms with Gasteiger partial charge in [0.2, 0.25) is 0 Å². The number of allylic oxidation sites excluding steroid dienone is 3. The third-order valence-electron chi connectivity index (χ3n) is 6.05. The van der Waals surface area contributed by atoms with Crippen LogP contribution in [0.1, 0.15) is 18.9 Å². The van der Waals surface area contributed by atoms with Crippen molar-refractivity contribution in [3.8, 4) is 17.6 Å². The van der Waals surface area contributed by atoms with Crippen molar-refractivity contribution in [3.05, 3.63) is 52.7 Å². The third-order valence-corrected chi connectivity index (χ3v) is 6.33. The van der Waals surface area contributed by atoms with E-state index in [-0.39, 0.29) is 0 Å². The summed E-state index contributed by atoms with van der Waals surface area (Å²) in [7, 11) is 0. The van der Waals surface area contributed by atoms with Gasteiger partial charge in [-0.1, -0.05) is 24.6 Å². The first-order valence-corrected chi connectivity index (χ1v) is 11.3. The standard InChI is InChI=1S/C24H29ClN4O2/c1-18-2-4-21(25)6-8-27-17-20(18)7-9-28-10-12-29(13-11-28)22-5-3-19(16-26)23-24(22)31-15-14-30-23/h2-6,17-18,27H,7-15H2,1H3/b4-2-,20-17-,21-6+. The molecule has 1 fully saturated rings. The number of anilines is 1. The van der Waals surface area contributed by atoms with Gasteiger partial charge in [-0.2, -0.15) is 5.26 Å². The van der Waals surface area contributed by atoms with Crippen LogP contribution in [0.3, 0.4) is 0 Å². The average molecular weight is 441 g/mol. The molecule has 0 radical (unpaired) electrons. The van der Waals surface area contributed by atoms with Gasteiger partial charge < -0.3 is 19.7 Å². The van der Waals surface area contributed by atoms with E-state index in [4.69, 9.17) is 21.1 Å².